The van der Waals surface area contributed by atoms with Crippen LogP contribution >= 0.6 is 0 Å². The van der Waals surface area contributed by atoms with Gasteiger partial charge in [0.05, 0.1) is 11.8 Å². The number of benzene rings is 2. The second kappa shape index (κ2) is 7.08. The Kier molecular flexibility index (Phi) is 4.45. The van der Waals surface area contributed by atoms with Gasteiger partial charge in [-0.3, -0.25) is 4.79 Å². The Hall–Kier alpha value is -3.80. The number of rotatable bonds is 4. The molecular formula is C22H17NO5. The number of anilines is 1. The highest BCUT2D eigenvalue weighted by atomic mass is 16.5. The summed E-state index contributed by atoms with van der Waals surface area (Å²) in [6, 6.07) is 15.5. The summed E-state index contributed by atoms with van der Waals surface area (Å²) >= 11 is 0. The van der Waals surface area contributed by atoms with Crippen molar-refractivity contribution in [3.63, 3.8) is 0 Å². The minimum absolute atomic E-state index is 0.0965. The van der Waals surface area contributed by atoms with E-state index in [0.29, 0.717) is 11.3 Å². The molecule has 3 aromatic rings. The summed E-state index contributed by atoms with van der Waals surface area (Å²) in [5.74, 6) is 0.110. The topological polar surface area (TPSA) is 69.0 Å². The van der Waals surface area contributed by atoms with Gasteiger partial charge in [-0.15, -0.1) is 0 Å². The summed E-state index contributed by atoms with van der Waals surface area (Å²) < 4.78 is 16.0. The standard InChI is InChI=1S/C22H17NO5/c1-23(2)15-7-5-14(6-8-15)12-20-21(24)17-10-9-16(13-19(17)28-20)27-22(25)18-4-3-11-26-18/h3-13H,1-2H3/b20-12-. The van der Waals surface area contributed by atoms with E-state index in [1.54, 1.807) is 24.3 Å². The maximum atomic E-state index is 12.6. The van der Waals surface area contributed by atoms with E-state index in [1.807, 2.05) is 43.3 Å². The van der Waals surface area contributed by atoms with E-state index < -0.39 is 5.97 Å². The van der Waals surface area contributed by atoms with Crippen LogP contribution in [0.5, 0.6) is 11.5 Å². The smallest absolute Gasteiger partial charge is 0.379 e. The van der Waals surface area contributed by atoms with Gasteiger partial charge < -0.3 is 18.8 Å². The molecular weight excluding hydrogens is 358 g/mol. The van der Waals surface area contributed by atoms with E-state index in [2.05, 4.69) is 0 Å². The zero-order valence-electron chi connectivity index (χ0n) is 15.3. The molecule has 0 atom stereocenters. The number of hydrogen-bond donors (Lipinski definition) is 0. The molecule has 0 fully saturated rings. The van der Waals surface area contributed by atoms with E-state index in [0.717, 1.165) is 11.3 Å². The molecule has 2 aromatic carbocycles. The zero-order valence-corrected chi connectivity index (χ0v) is 15.3. The number of carbonyl (C=O) groups is 2. The molecule has 0 bridgehead atoms. The van der Waals surface area contributed by atoms with Gasteiger partial charge in [-0.1, -0.05) is 12.1 Å². The van der Waals surface area contributed by atoms with Crippen LogP contribution in [0.3, 0.4) is 0 Å². The van der Waals surface area contributed by atoms with Gasteiger partial charge in [0.1, 0.15) is 11.5 Å². The van der Waals surface area contributed by atoms with E-state index >= 15 is 0 Å². The van der Waals surface area contributed by atoms with Crippen LogP contribution in [0.15, 0.2) is 71.0 Å². The summed E-state index contributed by atoms with van der Waals surface area (Å²) in [7, 11) is 3.92. The average molecular weight is 375 g/mol. The number of ketones is 1. The summed E-state index contributed by atoms with van der Waals surface area (Å²) in [5, 5.41) is 0. The number of allylic oxidation sites excluding steroid dienone is 1. The van der Waals surface area contributed by atoms with Crippen LogP contribution in [0.1, 0.15) is 26.5 Å². The average Bonchev–Trinajstić information content (AvgIpc) is 3.31. The molecule has 6 heteroatoms. The van der Waals surface area contributed by atoms with E-state index in [9.17, 15) is 9.59 Å². The molecule has 28 heavy (non-hydrogen) atoms. The first-order valence-corrected chi connectivity index (χ1v) is 8.62. The number of Topliss-reactive ketones (excluding diaryl/α,β-unsaturated/α-hetero) is 1. The van der Waals surface area contributed by atoms with Crippen LogP contribution in [0.4, 0.5) is 5.69 Å². The minimum atomic E-state index is -0.619. The van der Waals surface area contributed by atoms with Crippen molar-refractivity contribution in [1.29, 1.82) is 0 Å². The normalized spacial score (nSPS) is 13.9. The van der Waals surface area contributed by atoms with E-state index in [1.165, 1.54) is 18.4 Å². The highest BCUT2D eigenvalue weighted by Gasteiger charge is 2.28. The van der Waals surface area contributed by atoms with Crippen LogP contribution in [-0.2, 0) is 0 Å². The lowest BCUT2D eigenvalue weighted by molar-refractivity contribution is 0.0701. The SMILES string of the molecule is CN(C)c1ccc(/C=C2\Oc3cc(OC(=O)c4ccco4)ccc3C2=O)cc1. The van der Waals surface area contributed by atoms with E-state index in [4.69, 9.17) is 13.9 Å². The first-order valence-electron chi connectivity index (χ1n) is 8.62. The highest BCUT2D eigenvalue weighted by molar-refractivity contribution is 6.14. The summed E-state index contributed by atoms with van der Waals surface area (Å²) in [5.41, 5.74) is 2.34. The molecule has 0 aliphatic carbocycles. The predicted molar refractivity (Wildman–Crippen MR) is 104 cm³/mol. The first-order chi connectivity index (χ1) is 13.5. The van der Waals surface area contributed by atoms with Crippen molar-refractivity contribution in [1.82, 2.24) is 0 Å². The third-order valence-electron chi connectivity index (χ3n) is 4.28. The number of nitrogens with zero attached hydrogens (tertiary/aromatic N) is 1. The number of fused-ring (bicyclic) bond motifs is 1. The second-order valence-corrected chi connectivity index (χ2v) is 6.45. The molecule has 0 amide bonds. The van der Waals surface area contributed by atoms with Crippen molar-refractivity contribution in [2.75, 3.05) is 19.0 Å². The van der Waals surface area contributed by atoms with Crippen molar-refractivity contribution in [3.8, 4) is 11.5 Å². The largest absolute Gasteiger partial charge is 0.457 e. The molecule has 140 valence electrons. The molecule has 0 saturated heterocycles. The number of ether oxygens (including phenoxy) is 2. The van der Waals surface area contributed by atoms with Gasteiger partial charge in [-0.05, 0) is 48.0 Å². The van der Waals surface area contributed by atoms with E-state index in [-0.39, 0.29) is 23.1 Å². The van der Waals surface area contributed by atoms with Gasteiger partial charge in [0, 0.05) is 25.8 Å². The molecule has 0 N–H and O–H groups in total. The van der Waals surface area contributed by atoms with Gasteiger partial charge in [0.15, 0.2) is 5.76 Å². The van der Waals surface area contributed by atoms with Crippen molar-refractivity contribution < 1.29 is 23.5 Å². The highest BCUT2D eigenvalue weighted by Crippen LogP contribution is 2.35. The quantitative estimate of drug-likeness (QED) is 0.387. The van der Waals surface area contributed by atoms with Gasteiger partial charge in [-0.2, -0.15) is 0 Å². The van der Waals surface area contributed by atoms with Crippen molar-refractivity contribution in [3.05, 3.63) is 83.5 Å². The number of carbonyl (C=O) groups excluding carboxylic acids is 2. The maximum absolute atomic E-state index is 12.6. The van der Waals surface area contributed by atoms with Crippen LogP contribution in [0.2, 0.25) is 0 Å². The molecule has 1 aromatic heterocycles. The summed E-state index contributed by atoms with van der Waals surface area (Å²) in [6.45, 7) is 0. The Labute approximate surface area is 161 Å². The molecule has 0 unspecified atom stereocenters. The van der Waals surface area contributed by atoms with Crippen molar-refractivity contribution in [2.45, 2.75) is 0 Å². The third-order valence-corrected chi connectivity index (χ3v) is 4.28. The molecule has 0 saturated carbocycles. The Morgan fingerprint density at radius 3 is 2.54 bits per heavy atom. The fourth-order valence-corrected chi connectivity index (χ4v) is 2.80. The van der Waals surface area contributed by atoms with Crippen LogP contribution in [0, 0.1) is 0 Å². The second-order valence-electron chi connectivity index (χ2n) is 6.45. The predicted octanol–water partition coefficient (Wildman–Crippen LogP) is 4.18. The zero-order chi connectivity index (χ0) is 19.7. The van der Waals surface area contributed by atoms with Crippen molar-refractivity contribution in [2.24, 2.45) is 0 Å². The van der Waals surface area contributed by atoms with Gasteiger partial charge >= 0.3 is 5.97 Å². The molecule has 1 aliphatic rings. The Balaban J connectivity index is 1.53. The monoisotopic (exact) mass is 375 g/mol. The number of esters is 1. The fraction of sp³-hybridized carbons (Fsp3) is 0.0909. The molecule has 4 rings (SSSR count). The van der Waals surface area contributed by atoms with Gasteiger partial charge in [-0.25, -0.2) is 4.79 Å². The Bertz CT molecular complexity index is 1060. The molecule has 6 nitrogen and oxygen atoms in total. The number of hydrogen-bond acceptors (Lipinski definition) is 6. The van der Waals surface area contributed by atoms with Crippen LogP contribution in [-0.4, -0.2) is 25.8 Å². The van der Waals surface area contributed by atoms with Gasteiger partial charge in [0.2, 0.25) is 11.5 Å². The Morgan fingerprint density at radius 1 is 1.07 bits per heavy atom. The fourth-order valence-electron chi connectivity index (χ4n) is 2.80. The molecule has 1 aliphatic heterocycles. The van der Waals surface area contributed by atoms with Gasteiger partial charge in [0.25, 0.3) is 0 Å². The molecule has 2 heterocycles. The molecule has 0 radical (unpaired) electrons. The lowest BCUT2D eigenvalue weighted by Gasteiger charge is -2.11. The summed E-state index contributed by atoms with van der Waals surface area (Å²) in [6.07, 6.45) is 3.08. The van der Waals surface area contributed by atoms with Crippen molar-refractivity contribution >= 4 is 23.5 Å². The van der Waals surface area contributed by atoms with Crippen LogP contribution in [0.25, 0.3) is 6.08 Å². The van der Waals surface area contributed by atoms with Crippen LogP contribution < -0.4 is 14.4 Å². The Morgan fingerprint density at radius 2 is 1.86 bits per heavy atom. The third kappa shape index (κ3) is 3.40. The number of furan rings is 1. The minimum Gasteiger partial charge on any atom is -0.457 e. The molecule has 0 spiro atoms. The lowest BCUT2D eigenvalue weighted by atomic mass is 10.1. The first kappa shape index (κ1) is 17.6. The maximum Gasteiger partial charge on any atom is 0.379 e. The summed E-state index contributed by atoms with van der Waals surface area (Å²) in [4.78, 5) is 26.5. The lowest BCUT2D eigenvalue weighted by Crippen LogP contribution is -2.08.